The van der Waals surface area contributed by atoms with Gasteiger partial charge in [0.15, 0.2) is 0 Å². The van der Waals surface area contributed by atoms with Crippen LogP contribution in [0.5, 0.6) is 0 Å². The van der Waals surface area contributed by atoms with Crippen molar-refractivity contribution in [3.05, 3.63) is 22.4 Å². The van der Waals surface area contributed by atoms with E-state index < -0.39 is 0 Å². The number of hydrogen-bond acceptors (Lipinski definition) is 3. The molecule has 1 saturated carbocycles. The smallest absolute Gasteiger partial charge is 0.0507 e. The molecule has 2 aliphatic rings. The Morgan fingerprint density at radius 2 is 1.95 bits per heavy atom. The summed E-state index contributed by atoms with van der Waals surface area (Å²) in [7, 11) is 0. The van der Waals surface area contributed by atoms with E-state index in [1.807, 2.05) is 0 Å². The molecule has 0 radical (unpaired) electrons. The highest BCUT2D eigenvalue weighted by Crippen LogP contribution is 2.47. The van der Waals surface area contributed by atoms with E-state index in [4.69, 9.17) is 5.73 Å². The maximum absolute atomic E-state index is 6.45. The summed E-state index contributed by atoms with van der Waals surface area (Å²) in [5.74, 6) is 0. The van der Waals surface area contributed by atoms with Gasteiger partial charge in [-0.15, -0.1) is 0 Å². The van der Waals surface area contributed by atoms with E-state index >= 15 is 0 Å². The van der Waals surface area contributed by atoms with Gasteiger partial charge in [-0.3, -0.25) is 4.90 Å². The van der Waals surface area contributed by atoms with Crippen molar-refractivity contribution >= 4 is 11.3 Å². The van der Waals surface area contributed by atoms with Crippen LogP contribution in [0, 0.1) is 5.41 Å². The lowest BCUT2D eigenvalue weighted by Gasteiger charge is -2.44. The number of nitrogens with zero attached hydrogens (tertiary/aromatic N) is 1. The summed E-state index contributed by atoms with van der Waals surface area (Å²) in [6.45, 7) is 4.70. The van der Waals surface area contributed by atoms with Crippen LogP contribution in [-0.4, -0.2) is 24.0 Å². The zero-order valence-electron chi connectivity index (χ0n) is 12.7. The van der Waals surface area contributed by atoms with E-state index in [1.165, 1.54) is 57.2 Å². The third-order valence-corrected chi connectivity index (χ3v) is 6.38. The summed E-state index contributed by atoms with van der Waals surface area (Å²) < 4.78 is 0. The topological polar surface area (TPSA) is 29.3 Å². The first-order chi connectivity index (χ1) is 9.74. The van der Waals surface area contributed by atoms with Crippen LogP contribution in [0.2, 0.25) is 0 Å². The van der Waals surface area contributed by atoms with Crippen LogP contribution >= 0.6 is 11.3 Å². The number of piperidine rings is 1. The highest BCUT2D eigenvalue weighted by Gasteiger charge is 2.39. The second-order valence-corrected chi connectivity index (χ2v) is 7.60. The van der Waals surface area contributed by atoms with Gasteiger partial charge >= 0.3 is 0 Å². The monoisotopic (exact) mass is 292 g/mol. The van der Waals surface area contributed by atoms with Gasteiger partial charge in [-0.2, -0.15) is 11.3 Å². The van der Waals surface area contributed by atoms with E-state index in [0.29, 0.717) is 11.5 Å². The molecule has 1 aliphatic carbocycles. The highest BCUT2D eigenvalue weighted by atomic mass is 32.1. The van der Waals surface area contributed by atoms with Gasteiger partial charge in [0.25, 0.3) is 0 Å². The van der Waals surface area contributed by atoms with Crippen molar-refractivity contribution in [2.24, 2.45) is 11.1 Å². The lowest BCUT2D eigenvalue weighted by Crippen LogP contribution is -2.46. The summed E-state index contributed by atoms with van der Waals surface area (Å²) >= 11 is 1.80. The number of thiophene rings is 1. The first kappa shape index (κ1) is 14.6. The first-order valence-electron chi connectivity index (χ1n) is 8.26. The molecule has 20 heavy (non-hydrogen) atoms. The Labute approximate surface area is 127 Å². The van der Waals surface area contributed by atoms with Crippen molar-refractivity contribution in [3.8, 4) is 0 Å². The van der Waals surface area contributed by atoms with Crippen LogP contribution in [-0.2, 0) is 0 Å². The number of hydrogen-bond donors (Lipinski definition) is 1. The molecule has 1 saturated heterocycles. The summed E-state index contributed by atoms with van der Waals surface area (Å²) in [5, 5.41) is 4.48. The van der Waals surface area contributed by atoms with Gasteiger partial charge in [-0.1, -0.05) is 19.8 Å². The van der Waals surface area contributed by atoms with Gasteiger partial charge in [0.05, 0.1) is 6.04 Å². The van der Waals surface area contributed by atoms with Crippen molar-refractivity contribution in [2.75, 3.05) is 13.1 Å². The third kappa shape index (κ3) is 2.81. The molecule has 2 atom stereocenters. The Kier molecular flexibility index (Phi) is 4.49. The molecular weight excluding hydrogens is 264 g/mol. The number of likely N-dealkylation sites (tertiary alicyclic amines) is 1. The molecule has 2 nitrogen and oxygen atoms in total. The minimum atomic E-state index is 0.266. The van der Waals surface area contributed by atoms with E-state index in [9.17, 15) is 0 Å². The van der Waals surface area contributed by atoms with Crippen LogP contribution < -0.4 is 5.73 Å². The SMILES string of the molecule is CCC(N)C(c1ccsc1)N1CCC2(CCCC2)CC1. The molecule has 3 rings (SSSR count). The van der Waals surface area contributed by atoms with Crippen LogP contribution in [0.1, 0.15) is 63.5 Å². The second kappa shape index (κ2) is 6.17. The molecule has 3 heteroatoms. The zero-order chi connectivity index (χ0) is 14.0. The van der Waals surface area contributed by atoms with Gasteiger partial charge in [0.2, 0.25) is 0 Å². The fraction of sp³-hybridized carbons (Fsp3) is 0.765. The average Bonchev–Trinajstić information content (AvgIpc) is 3.14. The number of rotatable bonds is 4. The predicted molar refractivity (Wildman–Crippen MR) is 87.0 cm³/mol. The van der Waals surface area contributed by atoms with E-state index in [-0.39, 0.29) is 6.04 Å². The highest BCUT2D eigenvalue weighted by molar-refractivity contribution is 7.07. The summed E-state index contributed by atoms with van der Waals surface area (Å²) in [4.78, 5) is 2.67. The molecule has 0 aromatic carbocycles. The van der Waals surface area contributed by atoms with Crippen LogP contribution in [0.15, 0.2) is 16.8 Å². The van der Waals surface area contributed by atoms with Crippen molar-refractivity contribution in [3.63, 3.8) is 0 Å². The lowest BCUT2D eigenvalue weighted by atomic mass is 9.76. The molecule has 1 aliphatic heterocycles. The molecule has 2 unspecified atom stereocenters. The minimum absolute atomic E-state index is 0.266. The van der Waals surface area contributed by atoms with Gasteiger partial charge in [-0.25, -0.2) is 0 Å². The minimum Gasteiger partial charge on any atom is -0.326 e. The lowest BCUT2D eigenvalue weighted by molar-refractivity contribution is 0.0652. The molecule has 2 fully saturated rings. The molecule has 1 aromatic heterocycles. The Hall–Kier alpha value is -0.380. The largest absolute Gasteiger partial charge is 0.326 e. The second-order valence-electron chi connectivity index (χ2n) is 6.82. The van der Waals surface area contributed by atoms with E-state index in [2.05, 4.69) is 28.7 Å². The van der Waals surface area contributed by atoms with Gasteiger partial charge in [0, 0.05) is 6.04 Å². The summed E-state index contributed by atoms with van der Waals surface area (Å²) in [5.41, 5.74) is 8.58. The van der Waals surface area contributed by atoms with Gasteiger partial charge in [0.1, 0.15) is 0 Å². The third-order valence-electron chi connectivity index (χ3n) is 5.68. The molecule has 112 valence electrons. The van der Waals surface area contributed by atoms with Crippen LogP contribution in [0.3, 0.4) is 0 Å². The van der Waals surface area contributed by atoms with E-state index in [1.54, 1.807) is 11.3 Å². The molecule has 1 aromatic rings. The Bertz CT molecular complexity index is 399. The maximum atomic E-state index is 6.45. The molecular formula is C17H28N2S. The fourth-order valence-electron chi connectivity index (χ4n) is 4.30. The zero-order valence-corrected chi connectivity index (χ0v) is 13.5. The molecule has 0 amide bonds. The molecule has 1 spiro atoms. The molecule has 0 bridgehead atoms. The Morgan fingerprint density at radius 1 is 1.25 bits per heavy atom. The van der Waals surface area contributed by atoms with Crippen molar-refractivity contribution in [1.29, 1.82) is 0 Å². The van der Waals surface area contributed by atoms with Crippen molar-refractivity contribution < 1.29 is 0 Å². The first-order valence-corrected chi connectivity index (χ1v) is 9.20. The van der Waals surface area contributed by atoms with Crippen molar-refractivity contribution in [1.82, 2.24) is 4.90 Å². The Morgan fingerprint density at radius 3 is 2.50 bits per heavy atom. The quantitative estimate of drug-likeness (QED) is 0.902. The van der Waals surface area contributed by atoms with Gasteiger partial charge in [-0.05, 0) is 73.0 Å². The summed E-state index contributed by atoms with van der Waals surface area (Å²) in [6, 6.07) is 2.97. The molecule has 2 heterocycles. The van der Waals surface area contributed by atoms with E-state index in [0.717, 1.165) is 6.42 Å². The van der Waals surface area contributed by atoms with Crippen LogP contribution in [0.4, 0.5) is 0 Å². The number of nitrogens with two attached hydrogens (primary N) is 1. The predicted octanol–water partition coefficient (Wildman–Crippen LogP) is 4.18. The molecule has 2 N–H and O–H groups in total. The average molecular weight is 292 g/mol. The maximum Gasteiger partial charge on any atom is 0.0507 e. The van der Waals surface area contributed by atoms with Crippen molar-refractivity contribution in [2.45, 2.75) is 64.0 Å². The Balaban J connectivity index is 1.70. The van der Waals surface area contributed by atoms with Gasteiger partial charge < -0.3 is 5.73 Å². The summed E-state index contributed by atoms with van der Waals surface area (Å²) in [6.07, 6.45) is 9.72. The normalized spacial score (nSPS) is 25.9. The fourth-order valence-corrected chi connectivity index (χ4v) is 4.99. The van der Waals surface area contributed by atoms with Crippen LogP contribution in [0.25, 0.3) is 0 Å². The standard InChI is InChI=1S/C17H28N2S/c1-2-15(18)16(14-5-12-20-13-14)19-10-8-17(9-11-19)6-3-4-7-17/h5,12-13,15-16H,2-4,6-11,18H2,1H3.